The van der Waals surface area contributed by atoms with Crippen LogP contribution in [0, 0.1) is 6.92 Å². The molecule has 1 aliphatic heterocycles. The predicted octanol–water partition coefficient (Wildman–Crippen LogP) is 6.59. The van der Waals surface area contributed by atoms with Crippen molar-refractivity contribution in [2.45, 2.75) is 85.0 Å². The number of nitrogens with zero attached hydrogens (tertiary/aromatic N) is 3. The van der Waals surface area contributed by atoms with Crippen LogP contribution in [-0.4, -0.2) is 63.0 Å². The predicted molar refractivity (Wildman–Crippen MR) is 155 cm³/mol. The fourth-order valence-corrected chi connectivity index (χ4v) is 5.29. The second-order valence-corrected chi connectivity index (χ2v) is 12.9. The van der Waals surface area contributed by atoms with E-state index in [1.165, 1.54) is 0 Å². The summed E-state index contributed by atoms with van der Waals surface area (Å²) in [6.07, 6.45) is 15.4. The highest BCUT2D eigenvalue weighted by Gasteiger charge is 2.23. The third-order valence-corrected chi connectivity index (χ3v) is 7.90. The Labute approximate surface area is 234 Å². The number of likely N-dealkylation sites (N-methyl/N-ethyl adjacent to an activating group) is 1. The van der Waals surface area contributed by atoms with E-state index in [4.69, 9.17) is 9.05 Å². The molecule has 1 atom stereocenters. The summed E-state index contributed by atoms with van der Waals surface area (Å²) in [4.78, 5) is 16.2. The number of aromatic nitrogens is 1. The highest BCUT2D eigenvalue weighted by molar-refractivity contribution is 7.45. The van der Waals surface area contributed by atoms with Crippen molar-refractivity contribution in [2.24, 2.45) is 4.99 Å². The summed E-state index contributed by atoms with van der Waals surface area (Å²) in [5, 5.41) is 0. The van der Waals surface area contributed by atoms with Gasteiger partial charge in [-0.15, -0.1) is 0 Å². The van der Waals surface area contributed by atoms with E-state index in [1.54, 1.807) is 12.3 Å². The molecular formula is C28H47BF2N3O4P. The van der Waals surface area contributed by atoms with Gasteiger partial charge in [0.1, 0.15) is 13.2 Å². The Kier molecular flexibility index (Phi) is 13.8. The third-order valence-electron chi connectivity index (χ3n) is 6.90. The van der Waals surface area contributed by atoms with E-state index in [-0.39, 0.29) is 13.2 Å². The molecule has 0 N–H and O–H groups in total. The van der Waals surface area contributed by atoms with Crippen LogP contribution in [0.5, 0.6) is 0 Å². The molecule has 220 valence electrons. The molecule has 0 saturated carbocycles. The number of halogens is 2. The van der Waals surface area contributed by atoms with Gasteiger partial charge in [-0.2, -0.15) is 0 Å². The van der Waals surface area contributed by atoms with Gasteiger partial charge < -0.3 is 22.9 Å². The minimum absolute atomic E-state index is 0.123. The lowest BCUT2D eigenvalue weighted by atomic mass is 10.0. The molecule has 1 aromatic rings. The Morgan fingerprint density at radius 3 is 2.08 bits per heavy atom. The standard InChI is InChI=1S/C28H47BF2N3O4P/c1-23-20-24(2)32-27(23)21-28-25(3)26(22-33(28)29(30)31)16-14-12-10-8-7-9-11-13-15-18-37-39(35,36)38-19-17-34(4,5)6/h20-22H,7-19H2,1-6H3/b27-21-. The molecule has 0 aromatic carbocycles. The van der Waals surface area contributed by atoms with Crippen molar-refractivity contribution in [3.63, 3.8) is 0 Å². The fraction of sp³-hybridized carbons (Fsp3) is 0.679. The molecule has 1 aromatic heterocycles. The maximum absolute atomic E-state index is 13.7. The van der Waals surface area contributed by atoms with Gasteiger partial charge in [0.05, 0.1) is 33.4 Å². The lowest BCUT2D eigenvalue weighted by molar-refractivity contribution is -0.870. The summed E-state index contributed by atoms with van der Waals surface area (Å²) in [5.74, 6) is 0. The van der Waals surface area contributed by atoms with Gasteiger partial charge in [0.25, 0.3) is 7.82 Å². The maximum Gasteiger partial charge on any atom is 0.677 e. The van der Waals surface area contributed by atoms with E-state index >= 15 is 0 Å². The van der Waals surface area contributed by atoms with Crippen molar-refractivity contribution in [2.75, 3.05) is 40.9 Å². The van der Waals surface area contributed by atoms with Crippen LogP contribution in [0.2, 0.25) is 0 Å². The first-order chi connectivity index (χ1) is 18.3. The van der Waals surface area contributed by atoms with E-state index in [2.05, 4.69) is 4.99 Å². The summed E-state index contributed by atoms with van der Waals surface area (Å²) in [6, 6.07) is 0. The fourth-order valence-electron chi connectivity index (χ4n) is 4.56. The lowest BCUT2D eigenvalue weighted by Crippen LogP contribution is -2.37. The highest BCUT2D eigenvalue weighted by atomic mass is 31.2. The van der Waals surface area contributed by atoms with E-state index in [9.17, 15) is 18.1 Å². The van der Waals surface area contributed by atoms with Crippen LogP contribution in [0.15, 0.2) is 28.5 Å². The molecule has 0 fully saturated rings. The number of unbranched alkanes of at least 4 members (excludes halogenated alkanes) is 8. The zero-order valence-electron chi connectivity index (χ0n) is 24.7. The zero-order chi connectivity index (χ0) is 29.1. The minimum Gasteiger partial charge on any atom is -0.756 e. The molecule has 0 saturated heterocycles. The van der Waals surface area contributed by atoms with Crippen LogP contribution in [-0.2, 0) is 20.0 Å². The van der Waals surface area contributed by atoms with Gasteiger partial charge in [0, 0.05) is 11.4 Å². The number of hydrogen-bond donors (Lipinski definition) is 0. The van der Waals surface area contributed by atoms with Crippen molar-refractivity contribution < 1.29 is 31.6 Å². The SMILES string of the molecule is CC1=CC(C)=N/C1=C\c1c(C)c(CCCCCCCCCCCOP(=O)([O-])OCC[N+](C)(C)C)cn1B(F)F. The van der Waals surface area contributed by atoms with E-state index < -0.39 is 15.2 Å². The van der Waals surface area contributed by atoms with Gasteiger partial charge in [-0.1, -0.05) is 44.9 Å². The maximum atomic E-state index is 13.7. The van der Waals surface area contributed by atoms with Crippen LogP contribution in [0.4, 0.5) is 8.63 Å². The number of hydrogen-bond acceptors (Lipinski definition) is 5. The number of quaternary nitrogens is 1. The molecular weight excluding hydrogens is 522 g/mol. The first-order valence-corrected chi connectivity index (χ1v) is 15.6. The van der Waals surface area contributed by atoms with Gasteiger partial charge in [-0.3, -0.25) is 18.2 Å². The van der Waals surface area contributed by atoms with Gasteiger partial charge in [-0.25, -0.2) is 0 Å². The molecule has 0 spiro atoms. The van der Waals surface area contributed by atoms with Crippen molar-refractivity contribution >= 4 is 27.0 Å². The number of rotatable bonds is 19. The second kappa shape index (κ2) is 16.0. The van der Waals surface area contributed by atoms with Gasteiger partial charge in [0.2, 0.25) is 0 Å². The molecule has 2 rings (SSSR count). The van der Waals surface area contributed by atoms with E-state index in [0.29, 0.717) is 23.1 Å². The molecule has 11 heteroatoms. The number of allylic oxidation sites excluding steroid dienone is 2. The Bertz CT molecular complexity index is 1060. The Morgan fingerprint density at radius 1 is 0.974 bits per heavy atom. The first-order valence-electron chi connectivity index (χ1n) is 14.1. The number of aryl methyl sites for hydroxylation is 1. The summed E-state index contributed by atoms with van der Waals surface area (Å²) < 4.78 is 50.7. The quantitative estimate of drug-likeness (QED) is 0.0816. The van der Waals surface area contributed by atoms with Crippen LogP contribution in [0.1, 0.15) is 88.5 Å². The van der Waals surface area contributed by atoms with Crippen molar-refractivity contribution in [1.29, 1.82) is 0 Å². The van der Waals surface area contributed by atoms with Crippen molar-refractivity contribution in [3.8, 4) is 0 Å². The van der Waals surface area contributed by atoms with Crippen LogP contribution < -0.4 is 4.89 Å². The molecule has 0 aliphatic carbocycles. The lowest BCUT2D eigenvalue weighted by Gasteiger charge is -2.27. The highest BCUT2D eigenvalue weighted by Crippen LogP contribution is 2.38. The molecule has 0 radical (unpaired) electrons. The van der Waals surface area contributed by atoms with Crippen LogP contribution in [0.3, 0.4) is 0 Å². The van der Waals surface area contributed by atoms with Crippen molar-refractivity contribution in [1.82, 2.24) is 4.48 Å². The largest absolute Gasteiger partial charge is 0.756 e. The molecule has 0 bridgehead atoms. The Balaban J connectivity index is 1.59. The van der Waals surface area contributed by atoms with Gasteiger partial charge >= 0.3 is 7.40 Å². The second-order valence-electron chi connectivity index (χ2n) is 11.5. The topological polar surface area (TPSA) is 75.9 Å². The van der Waals surface area contributed by atoms with E-state index in [1.807, 2.05) is 48.0 Å². The number of aliphatic imine (C=N–C) groups is 1. The third kappa shape index (κ3) is 12.6. The molecule has 1 unspecified atom stereocenters. The van der Waals surface area contributed by atoms with Gasteiger partial charge in [0.15, 0.2) is 0 Å². The number of phosphoric acid groups is 1. The summed E-state index contributed by atoms with van der Waals surface area (Å²) in [6.45, 7) is 6.66. The molecule has 7 nitrogen and oxygen atoms in total. The average Bonchev–Trinajstić information content (AvgIpc) is 3.31. The molecule has 1 aliphatic rings. The Morgan fingerprint density at radius 2 is 1.54 bits per heavy atom. The minimum atomic E-state index is -4.21. The van der Waals surface area contributed by atoms with Crippen LogP contribution in [0.25, 0.3) is 6.08 Å². The normalized spacial score (nSPS) is 16.5. The average molecular weight is 569 g/mol. The number of phosphoric ester groups is 1. The summed E-state index contributed by atoms with van der Waals surface area (Å²) >= 11 is 0. The van der Waals surface area contributed by atoms with E-state index in [0.717, 1.165) is 90.4 Å². The molecule has 0 amide bonds. The van der Waals surface area contributed by atoms with Crippen LogP contribution >= 0.6 is 7.82 Å². The summed E-state index contributed by atoms with van der Waals surface area (Å²) in [5.41, 5.74) is 5.06. The zero-order valence-corrected chi connectivity index (χ0v) is 25.6. The molecule has 2 heterocycles. The van der Waals surface area contributed by atoms with Crippen molar-refractivity contribution in [3.05, 3.63) is 40.4 Å². The smallest absolute Gasteiger partial charge is 0.677 e. The Hall–Kier alpha value is -1.58. The van der Waals surface area contributed by atoms with Gasteiger partial charge in [-0.05, 0) is 75.1 Å². The first kappa shape index (κ1) is 33.6. The molecule has 39 heavy (non-hydrogen) atoms. The summed E-state index contributed by atoms with van der Waals surface area (Å²) in [7, 11) is -0.876. The monoisotopic (exact) mass is 569 g/mol.